The summed E-state index contributed by atoms with van der Waals surface area (Å²) in [7, 11) is 2.50. The van der Waals surface area contributed by atoms with E-state index in [9.17, 15) is 9.18 Å². The molecular formula is C22H22BrFN2O. The van der Waals surface area contributed by atoms with Crippen LogP contribution in [0, 0.1) is 11.3 Å². The molecule has 0 heterocycles. The van der Waals surface area contributed by atoms with Crippen molar-refractivity contribution in [3.05, 3.63) is 87.4 Å². The van der Waals surface area contributed by atoms with Crippen LogP contribution in [-0.2, 0) is 11.3 Å². The molecule has 5 heteroatoms. The first-order valence-electron chi connectivity index (χ1n) is 8.22. The fourth-order valence-corrected chi connectivity index (χ4v) is 2.89. The Morgan fingerprint density at radius 3 is 2.30 bits per heavy atom. The highest BCUT2D eigenvalue weighted by Gasteiger charge is 2.11. The number of carbonyl (C=O) groups excluding carboxylic acids is 1. The Labute approximate surface area is 168 Å². The lowest BCUT2D eigenvalue weighted by molar-refractivity contribution is -0.104. The second kappa shape index (κ2) is 11.8. The molecule has 0 aliphatic rings. The van der Waals surface area contributed by atoms with E-state index in [0.29, 0.717) is 25.6 Å². The number of hydrogen-bond donors (Lipinski definition) is 0. The van der Waals surface area contributed by atoms with Crippen molar-refractivity contribution in [1.29, 1.82) is 5.26 Å². The number of halogens is 2. The molecule has 0 aliphatic heterocycles. The lowest BCUT2D eigenvalue weighted by Gasteiger charge is -2.24. The monoisotopic (exact) mass is 428 g/mol. The number of nitrogens with zero attached hydrogens (tertiary/aromatic N) is 2. The summed E-state index contributed by atoms with van der Waals surface area (Å²) in [5.41, 5.74) is 3.92. The van der Waals surface area contributed by atoms with Crippen LogP contribution >= 0.6 is 15.9 Å². The van der Waals surface area contributed by atoms with Crippen LogP contribution in [0.3, 0.4) is 0 Å². The van der Waals surface area contributed by atoms with Crippen molar-refractivity contribution < 1.29 is 9.18 Å². The number of alkyl halides is 1. The molecule has 3 nitrogen and oxygen atoms in total. The van der Waals surface area contributed by atoms with Crippen LogP contribution in [0.2, 0.25) is 0 Å². The average Bonchev–Trinajstić information content (AvgIpc) is 2.71. The Hall–Kier alpha value is -2.71. The summed E-state index contributed by atoms with van der Waals surface area (Å²) >= 11 is 3.58. The second-order valence-corrected chi connectivity index (χ2v) is 6.52. The molecule has 0 aliphatic carbocycles. The van der Waals surface area contributed by atoms with E-state index >= 15 is 0 Å². The molecule has 2 rings (SSSR count). The van der Waals surface area contributed by atoms with Crippen molar-refractivity contribution in [3.8, 4) is 6.07 Å². The predicted octanol–water partition coefficient (Wildman–Crippen LogP) is 5.55. The Bertz CT molecular complexity index is 854. The SMILES string of the molecule is CC(/C=C(/c1ccccc1)N(C)Cc1ccccc1Br)=C(\C#N)C=O.CF. The molecule has 2 aromatic rings. The van der Waals surface area contributed by atoms with E-state index in [-0.39, 0.29) is 5.57 Å². The maximum absolute atomic E-state index is 11.1. The molecule has 0 bridgehead atoms. The van der Waals surface area contributed by atoms with Gasteiger partial charge < -0.3 is 4.90 Å². The maximum Gasteiger partial charge on any atom is 0.160 e. The van der Waals surface area contributed by atoms with Gasteiger partial charge in [-0.05, 0) is 35.8 Å². The van der Waals surface area contributed by atoms with Crippen molar-refractivity contribution in [1.82, 2.24) is 4.90 Å². The van der Waals surface area contributed by atoms with Crippen molar-refractivity contribution in [2.75, 3.05) is 14.2 Å². The van der Waals surface area contributed by atoms with E-state index < -0.39 is 0 Å². The normalized spacial score (nSPS) is 11.5. The molecule has 2 aromatic carbocycles. The molecule has 140 valence electrons. The van der Waals surface area contributed by atoms with Crippen LogP contribution in [0.25, 0.3) is 5.70 Å². The summed E-state index contributed by atoms with van der Waals surface area (Å²) < 4.78 is 10.5. The van der Waals surface area contributed by atoms with Gasteiger partial charge in [0.1, 0.15) is 6.07 Å². The van der Waals surface area contributed by atoms with Crippen molar-refractivity contribution >= 4 is 27.9 Å². The fourth-order valence-electron chi connectivity index (χ4n) is 2.48. The number of hydrogen-bond acceptors (Lipinski definition) is 3. The molecule has 0 unspecified atom stereocenters. The van der Waals surface area contributed by atoms with Gasteiger partial charge in [-0.15, -0.1) is 0 Å². The Kier molecular flexibility index (Phi) is 9.78. The highest BCUT2D eigenvalue weighted by molar-refractivity contribution is 9.10. The fraction of sp³-hybridized carbons (Fsp3) is 0.182. The average molecular weight is 429 g/mol. The van der Waals surface area contributed by atoms with Crippen molar-refractivity contribution in [2.45, 2.75) is 13.5 Å². The van der Waals surface area contributed by atoms with E-state index in [0.717, 1.165) is 21.3 Å². The Balaban J connectivity index is 0.00000176. The minimum atomic E-state index is 0.141. The van der Waals surface area contributed by atoms with Crippen LogP contribution in [0.15, 0.2) is 76.3 Å². The molecule has 0 radical (unpaired) electrons. The summed E-state index contributed by atoms with van der Waals surface area (Å²) in [5.74, 6) is 0. The molecule has 0 amide bonds. The van der Waals surface area contributed by atoms with E-state index in [2.05, 4.69) is 26.9 Å². The third kappa shape index (κ3) is 6.50. The molecule has 0 N–H and O–H groups in total. The zero-order valence-electron chi connectivity index (χ0n) is 15.6. The van der Waals surface area contributed by atoms with Gasteiger partial charge in [0.05, 0.1) is 12.8 Å². The van der Waals surface area contributed by atoms with Gasteiger partial charge in [0.25, 0.3) is 0 Å². The lowest BCUT2D eigenvalue weighted by atomic mass is 10.0. The van der Waals surface area contributed by atoms with E-state index in [4.69, 9.17) is 5.26 Å². The first kappa shape index (κ1) is 22.3. The Morgan fingerprint density at radius 2 is 1.74 bits per heavy atom. The second-order valence-electron chi connectivity index (χ2n) is 5.67. The molecule has 0 saturated carbocycles. The summed E-state index contributed by atoms with van der Waals surface area (Å²) in [4.78, 5) is 13.2. The minimum Gasteiger partial charge on any atom is -0.370 e. The zero-order chi connectivity index (χ0) is 20.2. The molecular weight excluding hydrogens is 407 g/mol. The lowest BCUT2D eigenvalue weighted by Crippen LogP contribution is -2.17. The van der Waals surface area contributed by atoms with Gasteiger partial charge in [0, 0.05) is 23.8 Å². The Morgan fingerprint density at radius 1 is 1.15 bits per heavy atom. The van der Waals surface area contributed by atoms with Gasteiger partial charge >= 0.3 is 0 Å². The quantitative estimate of drug-likeness (QED) is 0.262. The van der Waals surface area contributed by atoms with Crippen LogP contribution in [-0.4, -0.2) is 25.4 Å². The van der Waals surface area contributed by atoms with Gasteiger partial charge in [-0.2, -0.15) is 5.26 Å². The zero-order valence-corrected chi connectivity index (χ0v) is 17.2. The standard InChI is InChI=1S/C21H19BrN2O.CH3F/c1-16(19(13-23)15-25)12-21(17-8-4-3-5-9-17)24(2)14-18-10-6-7-11-20(18)22;1-2/h3-12,15H,14H2,1-2H3;1H3/b19-16-,21-12-;. The van der Waals surface area contributed by atoms with Crippen LogP contribution in [0.4, 0.5) is 4.39 Å². The number of rotatable bonds is 6. The predicted molar refractivity (Wildman–Crippen MR) is 111 cm³/mol. The number of benzene rings is 2. The van der Waals surface area contributed by atoms with Crippen molar-refractivity contribution in [3.63, 3.8) is 0 Å². The third-order valence-electron chi connectivity index (χ3n) is 3.86. The van der Waals surface area contributed by atoms with E-state index in [1.54, 1.807) is 6.92 Å². The largest absolute Gasteiger partial charge is 0.370 e. The van der Waals surface area contributed by atoms with Crippen molar-refractivity contribution in [2.24, 2.45) is 0 Å². The summed E-state index contributed by atoms with van der Waals surface area (Å²) in [6.07, 6.45) is 2.49. The van der Waals surface area contributed by atoms with Gasteiger partial charge in [-0.1, -0.05) is 64.5 Å². The van der Waals surface area contributed by atoms with Crippen LogP contribution < -0.4 is 0 Å². The number of carbonyl (C=O) groups is 1. The van der Waals surface area contributed by atoms with Gasteiger partial charge in [0.2, 0.25) is 0 Å². The summed E-state index contributed by atoms with van der Waals surface area (Å²) in [5, 5.41) is 9.10. The molecule has 0 aromatic heterocycles. The topological polar surface area (TPSA) is 44.1 Å². The summed E-state index contributed by atoms with van der Waals surface area (Å²) in [6.45, 7) is 2.47. The van der Waals surface area contributed by atoms with Gasteiger partial charge in [-0.3, -0.25) is 9.18 Å². The first-order chi connectivity index (χ1) is 13.1. The van der Waals surface area contributed by atoms with E-state index in [1.165, 1.54) is 0 Å². The first-order valence-corrected chi connectivity index (χ1v) is 9.01. The third-order valence-corrected chi connectivity index (χ3v) is 4.64. The highest BCUT2D eigenvalue weighted by Crippen LogP contribution is 2.25. The number of allylic oxidation sites excluding steroid dienone is 3. The van der Waals surface area contributed by atoms with Gasteiger partial charge in [-0.25, -0.2) is 0 Å². The number of nitriles is 1. The molecule has 0 atom stereocenters. The molecule has 27 heavy (non-hydrogen) atoms. The smallest absolute Gasteiger partial charge is 0.160 e. The molecule has 0 saturated heterocycles. The number of aldehydes is 1. The molecule has 0 fully saturated rings. The van der Waals surface area contributed by atoms with Crippen LogP contribution in [0.5, 0.6) is 0 Å². The van der Waals surface area contributed by atoms with Gasteiger partial charge in [0.15, 0.2) is 6.29 Å². The van der Waals surface area contributed by atoms with Crippen LogP contribution in [0.1, 0.15) is 18.1 Å². The van der Waals surface area contributed by atoms with E-state index in [1.807, 2.05) is 67.7 Å². The maximum atomic E-state index is 11.1. The highest BCUT2D eigenvalue weighted by atomic mass is 79.9. The minimum absolute atomic E-state index is 0.141. The molecule has 0 spiro atoms. The summed E-state index contributed by atoms with van der Waals surface area (Å²) in [6, 6.07) is 20.0.